The predicted molar refractivity (Wildman–Crippen MR) is 71.1 cm³/mol. The van der Waals surface area contributed by atoms with Gasteiger partial charge in [0.1, 0.15) is 0 Å². The third-order valence-electron chi connectivity index (χ3n) is 2.42. The lowest BCUT2D eigenvalue weighted by atomic mass is 10.1. The molecule has 0 aromatic carbocycles. The van der Waals surface area contributed by atoms with E-state index in [1.165, 1.54) is 20.3 Å². The fraction of sp³-hybridized carbons (Fsp3) is 0.538. The van der Waals surface area contributed by atoms with Crippen LogP contribution in [-0.2, 0) is 19.1 Å². The second-order valence-electron chi connectivity index (χ2n) is 3.75. The molecule has 1 aromatic heterocycles. The lowest BCUT2D eigenvalue weighted by Crippen LogP contribution is -2.28. The molecule has 116 valence electrons. The van der Waals surface area contributed by atoms with Crippen LogP contribution in [-0.4, -0.2) is 49.3 Å². The van der Waals surface area contributed by atoms with Gasteiger partial charge in [-0.2, -0.15) is 9.97 Å². The summed E-state index contributed by atoms with van der Waals surface area (Å²) in [4.78, 5) is 31.9. The summed E-state index contributed by atoms with van der Waals surface area (Å²) in [7, 11) is 2.80. The minimum absolute atomic E-state index is 0.0944. The molecule has 0 N–H and O–H groups in total. The molecule has 1 heterocycles. The zero-order valence-corrected chi connectivity index (χ0v) is 12.4. The van der Waals surface area contributed by atoms with Crippen LogP contribution < -0.4 is 9.47 Å². The molecule has 0 saturated heterocycles. The van der Waals surface area contributed by atoms with Gasteiger partial charge >= 0.3 is 11.9 Å². The van der Waals surface area contributed by atoms with Gasteiger partial charge in [0.25, 0.3) is 0 Å². The smallest absolute Gasteiger partial charge is 0.328 e. The van der Waals surface area contributed by atoms with Gasteiger partial charge in [-0.15, -0.1) is 0 Å². The molecule has 0 atom stereocenters. The van der Waals surface area contributed by atoms with Crippen LogP contribution in [0.15, 0.2) is 6.07 Å². The Morgan fingerprint density at radius 1 is 1.00 bits per heavy atom. The fourth-order valence-electron chi connectivity index (χ4n) is 1.52. The van der Waals surface area contributed by atoms with Gasteiger partial charge in [0.2, 0.25) is 17.7 Å². The van der Waals surface area contributed by atoms with E-state index in [4.69, 9.17) is 18.9 Å². The van der Waals surface area contributed by atoms with Crippen LogP contribution in [0.1, 0.15) is 25.6 Å². The van der Waals surface area contributed by atoms with Gasteiger partial charge in [-0.25, -0.2) is 0 Å². The van der Waals surface area contributed by atoms with E-state index in [1.807, 2.05) is 0 Å². The van der Waals surface area contributed by atoms with Gasteiger partial charge in [-0.05, 0) is 13.8 Å². The molecule has 8 nitrogen and oxygen atoms in total. The third-order valence-corrected chi connectivity index (χ3v) is 2.42. The first-order valence-corrected chi connectivity index (χ1v) is 6.37. The first-order valence-electron chi connectivity index (χ1n) is 6.37. The molecular formula is C13H18N2O6. The van der Waals surface area contributed by atoms with Gasteiger partial charge in [0.05, 0.1) is 33.5 Å². The highest BCUT2D eigenvalue weighted by Crippen LogP contribution is 2.22. The van der Waals surface area contributed by atoms with E-state index in [1.54, 1.807) is 13.8 Å². The topological polar surface area (TPSA) is 96.8 Å². The number of hydrogen-bond donors (Lipinski definition) is 0. The second kappa shape index (κ2) is 8.03. The van der Waals surface area contributed by atoms with E-state index < -0.39 is 17.9 Å². The molecule has 0 fully saturated rings. The van der Waals surface area contributed by atoms with Crippen LogP contribution in [0.3, 0.4) is 0 Å². The summed E-state index contributed by atoms with van der Waals surface area (Å²) in [6.07, 6.45) is 0. The average Bonchev–Trinajstić information content (AvgIpc) is 2.47. The summed E-state index contributed by atoms with van der Waals surface area (Å²) in [6, 6.07) is 1.43. The quantitative estimate of drug-likeness (QED) is 0.536. The standard InChI is InChI=1S/C13H18N2O6/c1-5-20-12(16)10(13(17)21-6-2)11-14-8(18-3)7-9(15-11)19-4/h7,10H,5-6H2,1-4H3. The number of carbonyl (C=O) groups excluding carboxylic acids is 2. The Hall–Kier alpha value is -2.38. The zero-order chi connectivity index (χ0) is 15.8. The van der Waals surface area contributed by atoms with Crippen molar-refractivity contribution in [2.45, 2.75) is 19.8 Å². The molecule has 21 heavy (non-hydrogen) atoms. The van der Waals surface area contributed by atoms with Crippen molar-refractivity contribution in [3.8, 4) is 11.8 Å². The molecule has 0 saturated carbocycles. The minimum Gasteiger partial charge on any atom is -0.481 e. The van der Waals surface area contributed by atoms with E-state index in [-0.39, 0.29) is 30.8 Å². The number of ether oxygens (including phenoxy) is 4. The molecule has 1 rings (SSSR count). The maximum Gasteiger partial charge on any atom is 0.328 e. The highest BCUT2D eigenvalue weighted by atomic mass is 16.6. The van der Waals surface area contributed by atoms with Crippen molar-refractivity contribution in [1.29, 1.82) is 0 Å². The molecule has 0 aliphatic carbocycles. The number of carbonyl (C=O) groups is 2. The van der Waals surface area contributed by atoms with Gasteiger partial charge < -0.3 is 18.9 Å². The summed E-state index contributed by atoms with van der Waals surface area (Å²) < 4.78 is 19.7. The molecular weight excluding hydrogens is 280 g/mol. The van der Waals surface area contributed by atoms with Gasteiger partial charge in [-0.1, -0.05) is 0 Å². The van der Waals surface area contributed by atoms with Crippen LogP contribution in [0, 0.1) is 0 Å². The first kappa shape index (κ1) is 16.7. The van der Waals surface area contributed by atoms with E-state index in [0.29, 0.717) is 0 Å². The number of hydrogen-bond acceptors (Lipinski definition) is 8. The van der Waals surface area contributed by atoms with Crippen LogP contribution in [0.2, 0.25) is 0 Å². The molecule has 0 unspecified atom stereocenters. The maximum atomic E-state index is 12.0. The number of methoxy groups -OCH3 is 2. The normalized spacial score (nSPS) is 10.1. The van der Waals surface area contributed by atoms with Crippen molar-refractivity contribution in [3.05, 3.63) is 11.9 Å². The number of esters is 2. The minimum atomic E-state index is -1.38. The van der Waals surface area contributed by atoms with Gasteiger partial charge in [-0.3, -0.25) is 9.59 Å². The Morgan fingerprint density at radius 3 is 1.76 bits per heavy atom. The number of rotatable bonds is 7. The summed E-state index contributed by atoms with van der Waals surface area (Å²) in [5, 5.41) is 0. The zero-order valence-electron chi connectivity index (χ0n) is 12.4. The predicted octanol–water partition coefficient (Wildman–Crippen LogP) is 0.704. The first-order chi connectivity index (χ1) is 10.1. The molecule has 0 aliphatic heterocycles. The van der Waals surface area contributed by atoms with E-state index in [0.717, 1.165) is 0 Å². The van der Waals surface area contributed by atoms with Crippen molar-refractivity contribution in [2.24, 2.45) is 0 Å². The Morgan fingerprint density at radius 2 is 1.43 bits per heavy atom. The van der Waals surface area contributed by atoms with Gasteiger partial charge in [0.15, 0.2) is 5.82 Å². The van der Waals surface area contributed by atoms with Crippen molar-refractivity contribution in [2.75, 3.05) is 27.4 Å². The lowest BCUT2D eigenvalue weighted by Gasteiger charge is -2.14. The van der Waals surface area contributed by atoms with Crippen LogP contribution >= 0.6 is 0 Å². The summed E-state index contributed by atoms with van der Waals surface area (Å²) in [6.45, 7) is 3.51. The van der Waals surface area contributed by atoms with Crippen LogP contribution in [0.5, 0.6) is 11.8 Å². The molecule has 0 bridgehead atoms. The fourth-order valence-corrected chi connectivity index (χ4v) is 1.52. The average molecular weight is 298 g/mol. The van der Waals surface area contributed by atoms with Gasteiger partial charge in [0, 0.05) is 0 Å². The monoisotopic (exact) mass is 298 g/mol. The SMILES string of the molecule is CCOC(=O)C(C(=O)OCC)c1nc(OC)cc(OC)n1. The summed E-state index contributed by atoms with van der Waals surface area (Å²) in [5.74, 6) is -2.72. The highest BCUT2D eigenvalue weighted by molar-refractivity contribution is 6.00. The van der Waals surface area contributed by atoms with Crippen molar-refractivity contribution >= 4 is 11.9 Å². The van der Waals surface area contributed by atoms with E-state index in [9.17, 15) is 9.59 Å². The third kappa shape index (κ3) is 4.30. The highest BCUT2D eigenvalue weighted by Gasteiger charge is 2.35. The lowest BCUT2D eigenvalue weighted by molar-refractivity contribution is -0.157. The Labute approximate surface area is 122 Å². The molecule has 1 aromatic rings. The largest absolute Gasteiger partial charge is 0.481 e. The maximum absolute atomic E-state index is 12.0. The van der Waals surface area contributed by atoms with Crippen LogP contribution in [0.4, 0.5) is 0 Å². The Kier molecular flexibility index (Phi) is 6.38. The second-order valence-corrected chi connectivity index (χ2v) is 3.75. The number of nitrogens with zero attached hydrogens (tertiary/aromatic N) is 2. The Bertz CT molecular complexity index is 465. The molecule has 0 radical (unpaired) electrons. The Balaban J connectivity index is 3.23. The molecule has 0 amide bonds. The van der Waals surface area contributed by atoms with Crippen molar-refractivity contribution in [3.63, 3.8) is 0 Å². The van der Waals surface area contributed by atoms with E-state index >= 15 is 0 Å². The van der Waals surface area contributed by atoms with Crippen LogP contribution in [0.25, 0.3) is 0 Å². The summed E-state index contributed by atoms with van der Waals surface area (Å²) >= 11 is 0. The van der Waals surface area contributed by atoms with Crippen molar-refractivity contribution < 1.29 is 28.5 Å². The molecule has 0 aliphatic rings. The van der Waals surface area contributed by atoms with E-state index in [2.05, 4.69) is 9.97 Å². The van der Waals surface area contributed by atoms with Crippen molar-refractivity contribution in [1.82, 2.24) is 9.97 Å². The molecule has 0 spiro atoms. The number of aromatic nitrogens is 2. The molecule has 8 heteroatoms. The summed E-state index contributed by atoms with van der Waals surface area (Å²) in [5.41, 5.74) is 0.